The van der Waals surface area contributed by atoms with Crippen LogP contribution in [0.25, 0.3) is 0 Å². The molecule has 0 saturated heterocycles. The van der Waals surface area contributed by atoms with Gasteiger partial charge in [-0.05, 0) is 19.1 Å². The molecular formula is C11H10F2N4. The van der Waals surface area contributed by atoms with Crippen LogP contribution in [0.3, 0.4) is 0 Å². The molecule has 17 heavy (non-hydrogen) atoms. The first-order valence-electron chi connectivity index (χ1n) is 4.88. The topological polar surface area (TPSA) is 63.8 Å². The summed E-state index contributed by atoms with van der Waals surface area (Å²) in [7, 11) is 0. The normalized spacial score (nSPS) is 10.3. The zero-order valence-corrected chi connectivity index (χ0v) is 9.04. The summed E-state index contributed by atoms with van der Waals surface area (Å²) >= 11 is 0. The van der Waals surface area contributed by atoms with Crippen molar-refractivity contribution in [1.29, 1.82) is 0 Å². The highest BCUT2D eigenvalue weighted by atomic mass is 19.1. The largest absolute Gasteiger partial charge is 0.384 e. The van der Waals surface area contributed by atoms with Crippen LogP contribution in [0.15, 0.2) is 24.3 Å². The number of nitrogens with zero attached hydrogens (tertiary/aromatic N) is 2. The molecule has 1 aromatic heterocycles. The number of hydrogen-bond acceptors (Lipinski definition) is 4. The highest BCUT2D eigenvalue weighted by molar-refractivity contribution is 5.59. The monoisotopic (exact) mass is 236 g/mol. The second kappa shape index (κ2) is 4.32. The number of rotatable bonds is 2. The molecule has 2 rings (SSSR count). The van der Waals surface area contributed by atoms with Gasteiger partial charge in [-0.25, -0.2) is 18.7 Å². The number of nitrogen functional groups attached to an aromatic ring is 1. The van der Waals surface area contributed by atoms with Gasteiger partial charge in [0, 0.05) is 12.1 Å². The highest BCUT2D eigenvalue weighted by Crippen LogP contribution is 2.20. The Morgan fingerprint density at radius 3 is 2.65 bits per heavy atom. The van der Waals surface area contributed by atoms with E-state index >= 15 is 0 Å². The van der Waals surface area contributed by atoms with Crippen LogP contribution in [0, 0.1) is 18.6 Å². The van der Waals surface area contributed by atoms with Gasteiger partial charge in [0.1, 0.15) is 29.1 Å². The summed E-state index contributed by atoms with van der Waals surface area (Å²) in [5.41, 5.74) is 5.52. The minimum absolute atomic E-state index is 0.00231. The predicted octanol–water partition coefficient (Wildman–Crippen LogP) is 2.39. The van der Waals surface area contributed by atoms with Gasteiger partial charge in [0.2, 0.25) is 0 Å². The third-order valence-electron chi connectivity index (χ3n) is 2.05. The molecule has 88 valence electrons. The van der Waals surface area contributed by atoms with Crippen LogP contribution >= 0.6 is 0 Å². The van der Waals surface area contributed by atoms with Crippen molar-refractivity contribution in [2.24, 2.45) is 0 Å². The van der Waals surface area contributed by atoms with Crippen LogP contribution in [0.2, 0.25) is 0 Å². The summed E-state index contributed by atoms with van der Waals surface area (Å²) < 4.78 is 26.3. The Kier molecular flexibility index (Phi) is 2.86. The maximum atomic E-state index is 13.4. The SMILES string of the molecule is Cc1nc(N)cc(Nc2cc(F)ccc2F)n1. The van der Waals surface area contributed by atoms with Crippen LogP contribution in [0.5, 0.6) is 0 Å². The molecule has 0 amide bonds. The van der Waals surface area contributed by atoms with Crippen molar-refractivity contribution < 1.29 is 8.78 Å². The molecule has 1 heterocycles. The van der Waals surface area contributed by atoms with Gasteiger partial charge in [-0.2, -0.15) is 0 Å². The lowest BCUT2D eigenvalue weighted by molar-refractivity contribution is 0.603. The Labute approximate surface area is 96.5 Å². The fourth-order valence-corrected chi connectivity index (χ4v) is 1.39. The Bertz CT molecular complexity index is 537. The summed E-state index contributed by atoms with van der Waals surface area (Å²) in [6.07, 6.45) is 0. The highest BCUT2D eigenvalue weighted by Gasteiger charge is 2.06. The van der Waals surface area contributed by atoms with Crippen molar-refractivity contribution in [2.45, 2.75) is 6.92 Å². The van der Waals surface area contributed by atoms with Crippen molar-refractivity contribution >= 4 is 17.3 Å². The van der Waals surface area contributed by atoms with E-state index in [4.69, 9.17) is 5.73 Å². The fraction of sp³-hybridized carbons (Fsp3) is 0.0909. The Morgan fingerprint density at radius 2 is 1.94 bits per heavy atom. The standard InChI is InChI=1S/C11H10F2N4/c1-6-15-10(14)5-11(16-6)17-9-4-7(12)2-3-8(9)13/h2-5H,1H3,(H3,14,15,16,17). The summed E-state index contributed by atoms with van der Waals surface area (Å²) in [5, 5.41) is 2.65. The number of aryl methyl sites for hydroxylation is 1. The van der Waals surface area contributed by atoms with E-state index in [2.05, 4.69) is 15.3 Å². The van der Waals surface area contributed by atoms with Crippen LogP contribution in [0.1, 0.15) is 5.82 Å². The molecule has 0 saturated carbocycles. The van der Waals surface area contributed by atoms with Gasteiger partial charge in [-0.3, -0.25) is 0 Å². The van der Waals surface area contributed by atoms with Crippen molar-refractivity contribution in [3.63, 3.8) is 0 Å². The fourth-order valence-electron chi connectivity index (χ4n) is 1.39. The maximum Gasteiger partial charge on any atom is 0.146 e. The lowest BCUT2D eigenvalue weighted by atomic mass is 10.3. The summed E-state index contributed by atoms with van der Waals surface area (Å²) in [5.74, 6) is -0.0745. The summed E-state index contributed by atoms with van der Waals surface area (Å²) in [4.78, 5) is 7.88. The molecule has 0 aliphatic rings. The van der Waals surface area contributed by atoms with E-state index in [-0.39, 0.29) is 11.5 Å². The van der Waals surface area contributed by atoms with Crippen LogP contribution in [0.4, 0.5) is 26.1 Å². The summed E-state index contributed by atoms with van der Waals surface area (Å²) in [6.45, 7) is 1.66. The van der Waals surface area contributed by atoms with E-state index in [1.165, 1.54) is 6.07 Å². The van der Waals surface area contributed by atoms with Crippen LogP contribution in [-0.2, 0) is 0 Å². The van der Waals surface area contributed by atoms with E-state index in [1.54, 1.807) is 6.92 Å². The van der Waals surface area contributed by atoms with Crippen molar-refractivity contribution in [3.8, 4) is 0 Å². The number of hydrogen-bond donors (Lipinski definition) is 2. The molecule has 1 aromatic carbocycles. The van der Waals surface area contributed by atoms with E-state index in [1.807, 2.05) is 0 Å². The molecule has 0 aliphatic carbocycles. The molecule has 0 spiro atoms. The smallest absolute Gasteiger partial charge is 0.146 e. The van der Waals surface area contributed by atoms with Crippen LogP contribution in [-0.4, -0.2) is 9.97 Å². The van der Waals surface area contributed by atoms with Crippen molar-refractivity contribution in [1.82, 2.24) is 9.97 Å². The van der Waals surface area contributed by atoms with Gasteiger partial charge in [0.25, 0.3) is 0 Å². The van der Waals surface area contributed by atoms with Gasteiger partial charge in [0.15, 0.2) is 0 Å². The van der Waals surface area contributed by atoms with Crippen LogP contribution < -0.4 is 11.1 Å². The third kappa shape index (κ3) is 2.66. The Morgan fingerprint density at radius 1 is 1.18 bits per heavy atom. The van der Waals surface area contributed by atoms with Gasteiger partial charge >= 0.3 is 0 Å². The van der Waals surface area contributed by atoms with E-state index in [0.717, 1.165) is 18.2 Å². The third-order valence-corrected chi connectivity index (χ3v) is 2.05. The molecule has 0 unspecified atom stereocenters. The Hall–Kier alpha value is -2.24. The Balaban J connectivity index is 2.34. The number of anilines is 3. The molecule has 0 bridgehead atoms. The molecule has 6 heteroatoms. The number of nitrogens with two attached hydrogens (primary N) is 1. The first kappa shape index (κ1) is 11.3. The number of aromatic nitrogens is 2. The van der Waals surface area contributed by atoms with Gasteiger partial charge < -0.3 is 11.1 Å². The maximum absolute atomic E-state index is 13.4. The van der Waals surface area contributed by atoms with Crippen molar-refractivity contribution in [2.75, 3.05) is 11.1 Å². The average Bonchev–Trinajstić information content (AvgIpc) is 2.22. The summed E-state index contributed by atoms with van der Waals surface area (Å²) in [6, 6.07) is 4.56. The predicted molar refractivity (Wildman–Crippen MR) is 60.8 cm³/mol. The molecule has 0 radical (unpaired) electrons. The first-order valence-corrected chi connectivity index (χ1v) is 4.88. The lowest BCUT2D eigenvalue weighted by Crippen LogP contribution is -2.02. The van der Waals surface area contributed by atoms with Gasteiger partial charge in [0.05, 0.1) is 5.69 Å². The molecule has 4 nitrogen and oxygen atoms in total. The number of halogens is 2. The van der Waals surface area contributed by atoms with E-state index in [9.17, 15) is 8.78 Å². The van der Waals surface area contributed by atoms with Gasteiger partial charge in [-0.15, -0.1) is 0 Å². The molecular weight excluding hydrogens is 226 g/mol. The second-order valence-electron chi connectivity index (χ2n) is 3.47. The molecule has 0 fully saturated rings. The van der Waals surface area contributed by atoms with E-state index in [0.29, 0.717) is 11.6 Å². The van der Waals surface area contributed by atoms with Crippen molar-refractivity contribution in [3.05, 3.63) is 41.7 Å². The minimum Gasteiger partial charge on any atom is -0.384 e. The molecule has 0 aliphatic heterocycles. The molecule has 2 aromatic rings. The molecule has 0 atom stereocenters. The molecule has 3 N–H and O–H groups in total. The minimum atomic E-state index is -0.568. The van der Waals surface area contributed by atoms with E-state index < -0.39 is 11.6 Å². The zero-order valence-electron chi connectivity index (χ0n) is 9.04. The first-order chi connectivity index (χ1) is 8.04. The number of nitrogens with one attached hydrogen (secondary N) is 1. The van der Waals surface area contributed by atoms with Gasteiger partial charge in [-0.1, -0.05) is 0 Å². The lowest BCUT2D eigenvalue weighted by Gasteiger charge is -2.07. The second-order valence-corrected chi connectivity index (χ2v) is 3.47. The number of benzene rings is 1. The quantitative estimate of drug-likeness (QED) is 0.840. The zero-order chi connectivity index (χ0) is 12.4. The average molecular weight is 236 g/mol.